The highest BCUT2D eigenvalue weighted by Crippen LogP contribution is 2.24. The molecule has 0 aliphatic carbocycles. The number of hydrogen-bond acceptors (Lipinski definition) is 3. The van der Waals surface area contributed by atoms with E-state index in [2.05, 4.69) is 5.32 Å². The molecule has 1 aromatic carbocycles. The van der Waals surface area contributed by atoms with Gasteiger partial charge in [0.1, 0.15) is 5.82 Å². The van der Waals surface area contributed by atoms with Gasteiger partial charge in [-0.1, -0.05) is 25.1 Å². The van der Waals surface area contributed by atoms with E-state index in [0.717, 1.165) is 12.8 Å². The Bertz CT molecular complexity index is 579. The van der Waals surface area contributed by atoms with Gasteiger partial charge in [-0.15, -0.1) is 0 Å². The number of piperidine rings is 1. The Morgan fingerprint density at radius 3 is 2.88 bits per heavy atom. The van der Waals surface area contributed by atoms with Gasteiger partial charge in [-0.05, 0) is 30.4 Å². The molecule has 0 aromatic heterocycles. The SMILES string of the molecule is CC(CC(=O)N1CCCC(C(=O)NCCN)C1)c1ccccc1F. The van der Waals surface area contributed by atoms with E-state index in [9.17, 15) is 14.0 Å². The fourth-order valence-corrected chi connectivity index (χ4v) is 3.13. The van der Waals surface area contributed by atoms with Crippen LogP contribution in [0.15, 0.2) is 24.3 Å². The minimum Gasteiger partial charge on any atom is -0.355 e. The van der Waals surface area contributed by atoms with Gasteiger partial charge in [-0.2, -0.15) is 0 Å². The number of carbonyl (C=O) groups excluding carboxylic acids is 2. The average molecular weight is 335 g/mol. The van der Waals surface area contributed by atoms with E-state index in [1.165, 1.54) is 6.07 Å². The van der Waals surface area contributed by atoms with Crippen LogP contribution in [-0.4, -0.2) is 42.9 Å². The first-order chi connectivity index (χ1) is 11.5. The minimum atomic E-state index is -0.282. The summed E-state index contributed by atoms with van der Waals surface area (Å²) in [7, 11) is 0. The van der Waals surface area contributed by atoms with Crippen LogP contribution in [-0.2, 0) is 9.59 Å². The Labute approximate surface area is 142 Å². The number of carbonyl (C=O) groups is 2. The molecule has 6 heteroatoms. The van der Waals surface area contributed by atoms with Crippen LogP contribution in [0, 0.1) is 11.7 Å². The van der Waals surface area contributed by atoms with Crippen molar-refractivity contribution in [1.82, 2.24) is 10.2 Å². The molecule has 2 amide bonds. The van der Waals surface area contributed by atoms with Crippen LogP contribution in [0.2, 0.25) is 0 Å². The van der Waals surface area contributed by atoms with Gasteiger partial charge in [0.15, 0.2) is 0 Å². The van der Waals surface area contributed by atoms with Gasteiger partial charge in [0.05, 0.1) is 5.92 Å². The van der Waals surface area contributed by atoms with Crippen LogP contribution in [0.5, 0.6) is 0 Å². The molecule has 2 atom stereocenters. The maximum atomic E-state index is 13.8. The Morgan fingerprint density at radius 2 is 2.17 bits per heavy atom. The molecule has 3 N–H and O–H groups in total. The van der Waals surface area contributed by atoms with Gasteiger partial charge < -0.3 is 16.0 Å². The molecule has 1 aliphatic heterocycles. The third kappa shape index (κ3) is 4.77. The summed E-state index contributed by atoms with van der Waals surface area (Å²) in [6, 6.07) is 6.54. The molecule has 1 aliphatic rings. The monoisotopic (exact) mass is 335 g/mol. The molecule has 0 spiro atoms. The summed E-state index contributed by atoms with van der Waals surface area (Å²) in [6.07, 6.45) is 1.83. The van der Waals surface area contributed by atoms with Crippen LogP contribution < -0.4 is 11.1 Å². The first-order valence-corrected chi connectivity index (χ1v) is 8.53. The number of halogens is 1. The van der Waals surface area contributed by atoms with Crippen molar-refractivity contribution in [2.75, 3.05) is 26.2 Å². The summed E-state index contributed by atoms with van der Waals surface area (Å²) in [4.78, 5) is 26.3. The largest absolute Gasteiger partial charge is 0.355 e. The predicted molar refractivity (Wildman–Crippen MR) is 90.8 cm³/mol. The topological polar surface area (TPSA) is 75.4 Å². The number of nitrogens with zero attached hydrogens (tertiary/aromatic N) is 1. The van der Waals surface area contributed by atoms with Crippen LogP contribution in [0.25, 0.3) is 0 Å². The molecule has 1 heterocycles. The third-order valence-corrected chi connectivity index (χ3v) is 4.51. The third-order valence-electron chi connectivity index (χ3n) is 4.51. The molecular formula is C18H26FN3O2. The highest BCUT2D eigenvalue weighted by molar-refractivity contribution is 5.81. The number of nitrogens with one attached hydrogen (secondary N) is 1. The van der Waals surface area contributed by atoms with Gasteiger partial charge in [0.2, 0.25) is 11.8 Å². The molecule has 1 saturated heterocycles. The van der Waals surface area contributed by atoms with E-state index >= 15 is 0 Å². The van der Waals surface area contributed by atoms with Gasteiger partial charge in [-0.25, -0.2) is 4.39 Å². The van der Waals surface area contributed by atoms with Crippen molar-refractivity contribution in [3.8, 4) is 0 Å². The second kappa shape index (κ2) is 8.78. The van der Waals surface area contributed by atoms with Crippen LogP contribution in [0.4, 0.5) is 4.39 Å². The number of rotatable bonds is 6. The van der Waals surface area contributed by atoms with Crippen molar-refractivity contribution >= 4 is 11.8 Å². The lowest BCUT2D eigenvalue weighted by Gasteiger charge is -2.32. The number of likely N-dealkylation sites (tertiary alicyclic amines) is 1. The van der Waals surface area contributed by atoms with Crippen molar-refractivity contribution in [1.29, 1.82) is 0 Å². The standard InChI is InChI=1S/C18H26FN3O2/c1-13(15-6-2-3-7-16(15)19)11-17(23)22-10-4-5-14(12-22)18(24)21-9-8-20/h2-3,6-7,13-14H,4-5,8-12,20H2,1H3,(H,21,24). The quantitative estimate of drug-likeness (QED) is 0.830. The van der Waals surface area contributed by atoms with Crippen LogP contribution in [0.1, 0.15) is 37.7 Å². The van der Waals surface area contributed by atoms with Gasteiger partial charge in [0.25, 0.3) is 0 Å². The van der Waals surface area contributed by atoms with E-state index in [4.69, 9.17) is 5.73 Å². The van der Waals surface area contributed by atoms with E-state index in [0.29, 0.717) is 31.7 Å². The zero-order valence-corrected chi connectivity index (χ0v) is 14.1. The summed E-state index contributed by atoms with van der Waals surface area (Å²) in [5.41, 5.74) is 5.95. The predicted octanol–water partition coefficient (Wildman–Crippen LogP) is 1.63. The second-order valence-electron chi connectivity index (χ2n) is 6.39. The normalized spacial score (nSPS) is 19.0. The first-order valence-electron chi connectivity index (χ1n) is 8.53. The fourth-order valence-electron chi connectivity index (χ4n) is 3.13. The van der Waals surface area contributed by atoms with Crippen LogP contribution in [0.3, 0.4) is 0 Å². The summed E-state index contributed by atoms with van der Waals surface area (Å²) >= 11 is 0. The van der Waals surface area contributed by atoms with Gasteiger partial charge in [-0.3, -0.25) is 9.59 Å². The Hall–Kier alpha value is -1.95. The Balaban J connectivity index is 1.92. The number of amides is 2. The molecule has 0 bridgehead atoms. The average Bonchev–Trinajstić information content (AvgIpc) is 2.60. The lowest BCUT2D eigenvalue weighted by atomic mass is 9.94. The smallest absolute Gasteiger partial charge is 0.224 e. The molecule has 0 saturated carbocycles. The Kier molecular flexibility index (Phi) is 6.73. The van der Waals surface area contributed by atoms with Gasteiger partial charge >= 0.3 is 0 Å². The van der Waals surface area contributed by atoms with Crippen molar-refractivity contribution in [3.05, 3.63) is 35.6 Å². The van der Waals surface area contributed by atoms with Crippen molar-refractivity contribution in [2.45, 2.75) is 32.1 Å². The molecule has 1 aromatic rings. The lowest BCUT2D eigenvalue weighted by molar-refractivity contribution is -0.136. The maximum Gasteiger partial charge on any atom is 0.224 e. The lowest BCUT2D eigenvalue weighted by Crippen LogP contribution is -2.46. The highest BCUT2D eigenvalue weighted by atomic mass is 19.1. The molecule has 24 heavy (non-hydrogen) atoms. The summed E-state index contributed by atoms with van der Waals surface area (Å²) in [5, 5.41) is 2.78. The second-order valence-corrected chi connectivity index (χ2v) is 6.39. The van der Waals surface area contributed by atoms with E-state index in [1.807, 2.05) is 6.92 Å². The molecule has 2 unspecified atom stereocenters. The van der Waals surface area contributed by atoms with Gasteiger partial charge in [0, 0.05) is 32.6 Å². The number of benzene rings is 1. The zero-order valence-electron chi connectivity index (χ0n) is 14.1. The van der Waals surface area contributed by atoms with Crippen molar-refractivity contribution < 1.29 is 14.0 Å². The van der Waals surface area contributed by atoms with Crippen LogP contribution >= 0.6 is 0 Å². The van der Waals surface area contributed by atoms with Crippen molar-refractivity contribution in [3.63, 3.8) is 0 Å². The maximum absolute atomic E-state index is 13.8. The first kappa shape index (κ1) is 18.4. The zero-order chi connectivity index (χ0) is 17.5. The molecular weight excluding hydrogens is 309 g/mol. The van der Waals surface area contributed by atoms with E-state index < -0.39 is 0 Å². The van der Waals surface area contributed by atoms with E-state index in [-0.39, 0.29) is 35.9 Å². The summed E-state index contributed by atoms with van der Waals surface area (Å²) < 4.78 is 13.8. The molecule has 1 fully saturated rings. The Morgan fingerprint density at radius 1 is 1.42 bits per heavy atom. The summed E-state index contributed by atoms with van der Waals surface area (Å²) in [6.45, 7) is 3.79. The molecule has 0 radical (unpaired) electrons. The van der Waals surface area contributed by atoms with E-state index in [1.54, 1.807) is 23.1 Å². The fraction of sp³-hybridized carbons (Fsp3) is 0.556. The minimum absolute atomic E-state index is 0.0259. The number of hydrogen-bond donors (Lipinski definition) is 2. The number of nitrogens with two attached hydrogens (primary N) is 1. The molecule has 5 nitrogen and oxygen atoms in total. The summed E-state index contributed by atoms with van der Waals surface area (Å²) in [5.74, 6) is -0.721. The molecule has 132 valence electrons. The highest BCUT2D eigenvalue weighted by Gasteiger charge is 2.29. The molecule has 2 rings (SSSR count). The van der Waals surface area contributed by atoms with Crippen molar-refractivity contribution in [2.24, 2.45) is 11.7 Å².